The van der Waals surface area contributed by atoms with Crippen LogP contribution in [0.5, 0.6) is 0 Å². The summed E-state index contributed by atoms with van der Waals surface area (Å²) in [5.41, 5.74) is 7.11. The van der Waals surface area contributed by atoms with E-state index in [0.29, 0.717) is 24.6 Å². The Labute approximate surface area is 119 Å². The number of halogens is 3. The number of aromatic nitrogens is 2. The third-order valence-electron chi connectivity index (χ3n) is 3.90. The average Bonchev–Trinajstić information content (AvgIpc) is 2.46. The zero-order valence-corrected chi connectivity index (χ0v) is 11.3. The summed E-state index contributed by atoms with van der Waals surface area (Å²) in [6.07, 6.45) is -2.48. The van der Waals surface area contributed by atoms with Gasteiger partial charge in [-0.25, -0.2) is 9.97 Å². The molecular formula is C14H15F3N4. The number of rotatable bonds is 1. The van der Waals surface area contributed by atoms with Gasteiger partial charge in [0.1, 0.15) is 12.1 Å². The molecule has 1 fully saturated rings. The maximum Gasteiger partial charge on any atom is 0.391 e. The Bertz CT molecular complexity index is 648. The van der Waals surface area contributed by atoms with E-state index in [-0.39, 0.29) is 12.8 Å². The minimum atomic E-state index is -4.11. The van der Waals surface area contributed by atoms with Crippen LogP contribution in [0.2, 0.25) is 0 Å². The highest BCUT2D eigenvalue weighted by atomic mass is 19.4. The zero-order valence-electron chi connectivity index (χ0n) is 11.3. The van der Waals surface area contributed by atoms with Crippen LogP contribution in [-0.4, -0.2) is 29.2 Å². The molecule has 0 spiro atoms. The molecule has 1 aromatic heterocycles. The van der Waals surface area contributed by atoms with Crippen molar-refractivity contribution in [3.05, 3.63) is 24.5 Å². The zero-order chi connectivity index (χ0) is 15.0. The second kappa shape index (κ2) is 5.05. The van der Waals surface area contributed by atoms with Gasteiger partial charge in [-0.05, 0) is 31.0 Å². The van der Waals surface area contributed by atoms with Crippen molar-refractivity contribution in [3.63, 3.8) is 0 Å². The van der Waals surface area contributed by atoms with Gasteiger partial charge in [0.25, 0.3) is 0 Å². The van der Waals surface area contributed by atoms with Crippen LogP contribution >= 0.6 is 0 Å². The predicted octanol–water partition coefficient (Wildman–Crippen LogP) is 2.99. The Morgan fingerprint density at radius 3 is 2.52 bits per heavy atom. The highest BCUT2D eigenvalue weighted by Crippen LogP contribution is 2.36. The first-order valence-electron chi connectivity index (χ1n) is 6.77. The molecule has 2 N–H and O–H groups in total. The topological polar surface area (TPSA) is 55.0 Å². The maximum absolute atomic E-state index is 12.7. The van der Waals surface area contributed by atoms with Gasteiger partial charge in [0.15, 0.2) is 0 Å². The van der Waals surface area contributed by atoms with Gasteiger partial charge in [-0.2, -0.15) is 13.2 Å². The number of nitrogens with two attached hydrogens (primary N) is 1. The van der Waals surface area contributed by atoms with Gasteiger partial charge in [-0.15, -0.1) is 0 Å². The number of alkyl halides is 3. The standard InChI is InChI=1S/C14H15F3N4/c15-14(16,17)9-3-5-21(6-4-9)13-11-7-10(18)1-2-12(11)19-8-20-13/h1-2,7-9H,3-6,18H2. The van der Waals surface area contributed by atoms with E-state index in [0.717, 1.165) is 10.9 Å². The van der Waals surface area contributed by atoms with Gasteiger partial charge in [0.2, 0.25) is 0 Å². The summed E-state index contributed by atoms with van der Waals surface area (Å²) in [5.74, 6) is -0.556. The van der Waals surface area contributed by atoms with Crippen LogP contribution in [-0.2, 0) is 0 Å². The molecule has 0 bridgehead atoms. The molecule has 1 aliphatic heterocycles. The van der Waals surface area contributed by atoms with Crippen LogP contribution in [0.4, 0.5) is 24.7 Å². The van der Waals surface area contributed by atoms with Crippen LogP contribution in [0.1, 0.15) is 12.8 Å². The summed E-state index contributed by atoms with van der Waals surface area (Å²) in [7, 11) is 0. The molecule has 4 nitrogen and oxygen atoms in total. The number of benzene rings is 1. The van der Waals surface area contributed by atoms with Gasteiger partial charge in [0.05, 0.1) is 11.4 Å². The minimum absolute atomic E-state index is 0.0946. The third kappa shape index (κ3) is 2.72. The second-order valence-electron chi connectivity index (χ2n) is 5.28. The first-order chi connectivity index (χ1) is 9.95. The molecule has 0 saturated carbocycles. The van der Waals surface area contributed by atoms with E-state index in [4.69, 9.17) is 5.73 Å². The van der Waals surface area contributed by atoms with Crippen molar-refractivity contribution < 1.29 is 13.2 Å². The summed E-state index contributed by atoms with van der Waals surface area (Å²) >= 11 is 0. The SMILES string of the molecule is Nc1ccc2ncnc(N3CCC(C(F)(F)F)CC3)c2c1. The lowest BCUT2D eigenvalue weighted by atomic mass is 9.96. The second-order valence-corrected chi connectivity index (χ2v) is 5.28. The molecule has 1 saturated heterocycles. The third-order valence-corrected chi connectivity index (χ3v) is 3.90. The molecule has 1 aromatic carbocycles. The van der Waals surface area contributed by atoms with E-state index >= 15 is 0 Å². The molecule has 0 amide bonds. The van der Waals surface area contributed by atoms with Crippen LogP contribution in [0.25, 0.3) is 10.9 Å². The molecule has 112 valence electrons. The molecule has 21 heavy (non-hydrogen) atoms. The van der Waals surface area contributed by atoms with E-state index in [1.807, 2.05) is 4.90 Å². The summed E-state index contributed by atoms with van der Waals surface area (Å²) < 4.78 is 38.1. The highest BCUT2D eigenvalue weighted by molar-refractivity contribution is 5.91. The Balaban J connectivity index is 1.87. The Hall–Kier alpha value is -2.05. The van der Waals surface area contributed by atoms with Crippen molar-refractivity contribution >= 4 is 22.4 Å². The number of hydrogen-bond acceptors (Lipinski definition) is 4. The fourth-order valence-electron chi connectivity index (χ4n) is 2.73. The molecule has 0 radical (unpaired) electrons. The fraction of sp³-hybridized carbons (Fsp3) is 0.429. The lowest BCUT2D eigenvalue weighted by Crippen LogP contribution is -2.39. The molecule has 0 unspecified atom stereocenters. The van der Waals surface area contributed by atoms with Crippen molar-refractivity contribution in [2.75, 3.05) is 23.7 Å². The first kappa shape index (κ1) is 13.9. The Morgan fingerprint density at radius 1 is 1.14 bits per heavy atom. The quantitative estimate of drug-likeness (QED) is 0.822. The highest BCUT2D eigenvalue weighted by Gasteiger charge is 2.41. The molecular weight excluding hydrogens is 281 g/mol. The predicted molar refractivity (Wildman–Crippen MR) is 74.9 cm³/mol. The van der Waals surface area contributed by atoms with E-state index < -0.39 is 12.1 Å². The van der Waals surface area contributed by atoms with Crippen molar-refractivity contribution in [1.82, 2.24) is 9.97 Å². The first-order valence-corrected chi connectivity index (χ1v) is 6.77. The monoisotopic (exact) mass is 296 g/mol. The van der Waals surface area contributed by atoms with Crippen molar-refractivity contribution in [1.29, 1.82) is 0 Å². The van der Waals surface area contributed by atoms with Gasteiger partial charge in [-0.3, -0.25) is 0 Å². The molecule has 7 heteroatoms. The normalized spacial score (nSPS) is 17.4. The van der Waals surface area contributed by atoms with Crippen LogP contribution in [0.15, 0.2) is 24.5 Å². The van der Waals surface area contributed by atoms with E-state index in [1.165, 1.54) is 6.33 Å². The fourth-order valence-corrected chi connectivity index (χ4v) is 2.73. The average molecular weight is 296 g/mol. The van der Waals surface area contributed by atoms with E-state index in [9.17, 15) is 13.2 Å². The molecule has 1 aliphatic rings. The molecule has 3 rings (SSSR count). The van der Waals surface area contributed by atoms with Gasteiger partial charge < -0.3 is 10.6 Å². The number of fused-ring (bicyclic) bond motifs is 1. The number of hydrogen-bond donors (Lipinski definition) is 1. The van der Waals surface area contributed by atoms with Gasteiger partial charge in [0, 0.05) is 24.2 Å². The van der Waals surface area contributed by atoms with Crippen molar-refractivity contribution in [2.24, 2.45) is 5.92 Å². The summed E-state index contributed by atoms with van der Waals surface area (Å²) in [4.78, 5) is 10.3. The van der Waals surface area contributed by atoms with Crippen LogP contribution in [0, 0.1) is 5.92 Å². The van der Waals surface area contributed by atoms with Crippen molar-refractivity contribution in [3.8, 4) is 0 Å². The van der Waals surface area contributed by atoms with Crippen LogP contribution < -0.4 is 10.6 Å². The summed E-state index contributed by atoms with van der Waals surface area (Å²) in [6, 6.07) is 5.30. The number of nitrogens with zero attached hydrogens (tertiary/aromatic N) is 3. The largest absolute Gasteiger partial charge is 0.399 e. The number of nitrogen functional groups attached to an aromatic ring is 1. The van der Waals surface area contributed by atoms with Crippen LogP contribution in [0.3, 0.4) is 0 Å². The minimum Gasteiger partial charge on any atom is -0.399 e. The van der Waals surface area contributed by atoms with Gasteiger partial charge >= 0.3 is 6.18 Å². The number of anilines is 2. The number of piperidine rings is 1. The summed E-state index contributed by atoms with van der Waals surface area (Å²) in [6.45, 7) is 0.677. The molecule has 2 aromatic rings. The van der Waals surface area contributed by atoms with E-state index in [2.05, 4.69) is 9.97 Å². The van der Waals surface area contributed by atoms with Crippen molar-refractivity contribution in [2.45, 2.75) is 19.0 Å². The lowest BCUT2D eigenvalue weighted by Gasteiger charge is -2.34. The Morgan fingerprint density at radius 2 is 1.86 bits per heavy atom. The Kier molecular flexibility index (Phi) is 3.35. The molecule has 2 heterocycles. The molecule has 0 aliphatic carbocycles. The maximum atomic E-state index is 12.7. The molecule has 0 atom stereocenters. The lowest BCUT2D eigenvalue weighted by molar-refractivity contribution is -0.179. The summed E-state index contributed by atoms with van der Waals surface area (Å²) in [5, 5.41) is 0.781. The van der Waals surface area contributed by atoms with E-state index in [1.54, 1.807) is 18.2 Å². The van der Waals surface area contributed by atoms with Gasteiger partial charge in [-0.1, -0.05) is 0 Å². The smallest absolute Gasteiger partial charge is 0.391 e.